The number of amides is 1. The van der Waals surface area contributed by atoms with E-state index >= 15 is 0 Å². The first-order valence-corrected chi connectivity index (χ1v) is 16.9. The van der Waals surface area contributed by atoms with E-state index in [9.17, 15) is 18.5 Å². The van der Waals surface area contributed by atoms with Gasteiger partial charge in [-0.25, -0.2) is 24.1 Å². The fraction of sp³-hybridized carbons (Fsp3) is 0.545. The second-order valence-corrected chi connectivity index (χ2v) is 15.9. The van der Waals surface area contributed by atoms with Gasteiger partial charge in [-0.2, -0.15) is 0 Å². The number of esters is 1. The van der Waals surface area contributed by atoms with Crippen LogP contribution >= 0.6 is 0 Å². The predicted octanol–water partition coefficient (Wildman–Crippen LogP) is 5.27. The minimum Gasteiger partial charge on any atom is -0.598 e. The van der Waals surface area contributed by atoms with Crippen LogP contribution in [0.15, 0.2) is 30.6 Å². The number of cyclic esters (lactones) is 1. The molecule has 1 amide bonds. The van der Waals surface area contributed by atoms with Crippen molar-refractivity contribution in [3.63, 3.8) is 0 Å². The maximum absolute atomic E-state index is 13.4. The number of nitrogens with one attached hydrogen (secondary N) is 2. The number of halogens is 1. The molecule has 3 aliphatic rings. The minimum absolute atomic E-state index is 0.121. The number of carbonyl (C=O) groups is 2. The summed E-state index contributed by atoms with van der Waals surface area (Å²) in [6.45, 7) is 14.2. The highest BCUT2D eigenvalue weighted by Gasteiger charge is 2.48. The van der Waals surface area contributed by atoms with Crippen LogP contribution in [0.1, 0.15) is 94.9 Å². The molecule has 5 atom stereocenters. The quantitative estimate of drug-likeness (QED) is 0.232. The molecule has 6 rings (SSSR count). The van der Waals surface area contributed by atoms with Crippen molar-refractivity contribution >= 4 is 45.6 Å². The van der Waals surface area contributed by atoms with E-state index in [0.717, 1.165) is 10.9 Å². The predicted molar refractivity (Wildman–Crippen MR) is 173 cm³/mol. The average Bonchev–Trinajstić information content (AvgIpc) is 3.71. The van der Waals surface area contributed by atoms with E-state index in [4.69, 9.17) is 14.5 Å². The van der Waals surface area contributed by atoms with Gasteiger partial charge in [0.25, 0.3) is 0 Å². The molecular formula is C33H41FN6O5S. The molecule has 46 heavy (non-hydrogen) atoms. The number of hydrogen-bond donors (Lipinski definition) is 2. The zero-order valence-electron chi connectivity index (χ0n) is 27.2. The van der Waals surface area contributed by atoms with Gasteiger partial charge in [0.05, 0.1) is 41.7 Å². The average molecular weight is 653 g/mol. The van der Waals surface area contributed by atoms with Crippen LogP contribution in [0.5, 0.6) is 5.88 Å². The maximum atomic E-state index is 13.4. The second-order valence-electron chi connectivity index (χ2n) is 13.9. The Labute approximate surface area is 271 Å². The molecule has 1 unspecified atom stereocenters. The molecule has 2 fully saturated rings. The summed E-state index contributed by atoms with van der Waals surface area (Å²) in [6.07, 6.45) is 3.05. The highest BCUT2D eigenvalue weighted by molar-refractivity contribution is 7.90. The lowest BCUT2D eigenvalue weighted by Gasteiger charge is -2.39. The highest BCUT2D eigenvalue weighted by atomic mass is 32.2. The molecule has 1 saturated carbocycles. The standard InChI is InChI=1S/C33H41FN6O5S/c1-8-25(39-46(43)32(3,4)5)22-13-36-29(44-18-15-40(16-18)30(41)21-11-24(21)34)23-14-35-27(12-20(22)23)37-26-10-9-19-28(38-26)17(2)33(6,7)45-31(19)42/h9-10,12-14,17-18,21,24-25,39H,8,11,15-16H2,1-7H3,(H,35,37,38)/t17-,21-,24+,25-,46?/m1/s1. The molecule has 2 N–H and O–H groups in total. The molecule has 1 aliphatic carbocycles. The van der Waals surface area contributed by atoms with Gasteiger partial charge in [-0.15, -0.1) is 4.72 Å². The van der Waals surface area contributed by atoms with Gasteiger partial charge in [0.1, 0.15) is 34.3 Å². The number of aromatic nitrogens is 3. The third-order valence-corrected chi connectivity index (χ3v) is 10.6. The van der Waals surface area contributed by atoms with Gasteiger partial charge in [0, 0.05) is 35.2 Å². The molecule has 5 heterocycles. The Hall–Kier alpha value is -3.55. The van der Waals surface area contributed by atoms with Crippen molar-refractivity contribution < 1.29 is 28.0 Å². The molecule has 11 nitrogen and oxygen atoms in total. The van der Waals surface area contributed by atoms with Crippen LogP contribution in [0.4, 0.5) is 16.0 Å². The monoisotopic (exact) mass is 652 g/mol. The van der Waals surface area contributed by atoms with E-state index in [1.807, 2.05) is 54.5 Å². The molecule has 2 aliphatic heterocycles. The van der Waals surface area contributed by atoms with Crippen molar-refractivity contribution in [3.05, 3.63) is 47.4 Å². The Morgan fingerprint density at radius 3 is 2.59 bits per heavy atom. The van der Waals surface area contributed by atoms with E-state index in [0.29, 0.717) is 60.1 Å². The van der Waals surface area contributed by atoms with Crippen LogP contribution in [0.3, 0.4) is 0 Å². The summed E-state index contributed by atoms with van der Waals surface area (Å²) in [4.78, 5) is 40.7. The molecule has 0 aromatic carbocycles. The van der Waals surface area contributed by atoms with E-state index in [1.54, 1.807) is 29.4 Å². The first-order valence-electron chi connectivity index (χ1n) is 15.7. The third-order valence-electron chi connectivity index (χ3n) is 9.03. The lowest BCUT2D eigenvalue weighted by molar-refractivity contribution is -0.141. The van der Waals surface area contributed by atoms with Gasteiger partial charge in [-0.1, -0.05) is 13.8 Å². The zero-order valence-corrected chi connectivity index (χ0v) is 28.0. The lowest BCUT2D eigenvalue weighted by Crippen LogP contribution is -2.56. The summed E-state index contributed by atoms with van der Waals surface area (Å²) in [5, 5.41) is 4.75. The fourth-order valence-corrected chi connectivity index (χ4v) is 6.54. The molecule has 0 spiro atoms. The number of pyridine rings is 3. The summed E-state index contributed by atoms with van der Waals surface area (Å²) < 4.78 is 41.2. The molecule has 3 aromatic rings. The Kier molecular flexibility index (Phi) is 8.39. The van der Waals surface area contributed by atoms with Crippen LogP contribution in [0.25, 0.3) is 10.8 Å². The smallest absolute Gasteiger partial charge is 0.340 e. The number of nitrogens with zero attached hydrogens (tertiary/aromatic N) is 4. The van der Waals surface area contributed by atoms with Gasteiger partial charge in [-0.05, 0) is 71.0 Å². The SMILES string of the molecule is CC[C@@H](N[S+]([O-])C(C)(C)C)c1cnc(OC2CN(C(=O)[C@@H]3C[C@@H]3F)C2)c2cnc(Nc3ccc4c(n3)[C@@H](C)C(C)(C)OC4=O)cc12. The number of carbonyl (C=O) groups excluding carboxylic acids is 2. The van der Waals surface area contributed by atoms with Gasteiger partial charge >= 0.3 is 5.97 Å². The van der Waals surface area contributed by atoms with Crippen molar-refractivity contribution in [3.8, 4) is 5.88 Å². The van der Waals surface area contributed by atoms with Crippen LogP contribution in [0, 0.1) is 5.92 Å². The van der Waals surface area contributed by atoms with Crippen molar-refractivity contribution in [2.24, 2.45) is 5.92 Å². The Bertz CT molecular complexity index is 1680. The van der Waals surface area contributed by atoms with Gasteiger partial charge in [0.15, 0.2) is 0 Å². The van der Waals surface area contributed by atoms with Crippen molar-refractivity contribution in [2.75, 3.05) is 18.4 Å². The fourth-order valence-electron chi connectivity index (χ4n) is 5.64. The molecule has 0 radical (unpaired) electrons. The van der Waals surface area contributed by atoms with Gasteiger partial charge in [-0.3, -0.25) is 4.79 Å². The van der Waals surface area contributed by atoms with E-state index in [1.165, 1.54) is 0 Å². The van der Waals surface area contributed by atoms with Gasteiger partial charge < -0.3 is 24.2 Å². The topological polar surface area (TPSA) is 142 Å². The first kappa shape index (κ1) is 32.4. The number of anilines is 2. The molecule has 3 aromatic heterocycles. The number of rotatable bonds is 9. The minimum atomic E-state index is -1.33. The van der Waals surface area contributed by atoms with Crippen LogP contribution in [0.2, 0.25) is 0 Å². The molecule has 246 valence electrons. The maximum Gasteiger partial charge on any atom is 0.340 e. The molecule has 13 heteroatoms. The summed E-state index contributed by atoms with van der Waals surface area (Å²) in [5.74, 6) is 0.226. The first-order chi connectivity index (χ1) is 21.7. The summed E-state index contributed by atoms with van der Waals surface area (Å²) in [5.41, 5.74) is 1.24. The number of alkyl halides is 1. The van der Waals surface area contributed by atoms with E-state index in [-0.39, 0.29) is 24.0 Å². The van der Waals surface area contributed by atoms with E-state index in [2.05, 4.69) is 20.0 Å². The Morgan fingerprint density at radius 2 is 1.93 bits per heavy atom. The molecular weight excluding hydrogens is 611 g/mol. The second kappa shape index (κ2) is 11.9. The summed E-state index contributed by atoms with van der Waals surface area (Å²) in [6, 6.07) is 5.04. The van der Waals surface area contributed by atoms with Crippen LogP contribution in [-0.2, 0) is 20.9 Å². The Morgan fingerprint density at radius 1 is 1.22 bits per heavy atom. The highest BCUT2D eigenvalue weighted by Crippen LogP contribution is 2.40. The summed E-state index contributed by atoms with van der Waals surface area (Å²) >= 11 is -1.33. The van der Waals surface area contributed by atoms with Crippen molar-refractivity contribution in [1.29, 1.82) is 0 Å². The largest absolute Gasteiger partial charge is 0.598 e. The third kappa shape index (κ3) is 6.24. The van der Waals surface area contributed by atoms with E-state index < -0.39 is 39.8 Å². The number of likely N-dealkylation sites (tertiary alicyclic amines) is 1. The molecule has 0 bridgehead atoms. The van der Waals surface area contributed by atoms with Crippen LogP contribution in [-0.4, -0.2) is 72.0 Å². The van der Waals surface area contributed by atoms with Crippen molar-refractivity contribution in [1.82, 2.24) is 24.6 Å². The number of hydrogen-bond acceptors (Lipinski definition) is 10. The number of fused-ring (bicyclic) bond motifs is 2. The van der Waals surface area contributed by atoms with Crippen LogP contribution < -0.4 is 14.8 Å². The lowest BCUT2D eigenvalue weighted by atomic mass is 9.84. The Balaban J connectivity index is 1.31. The normalized spacial score (nSPS) is 23.6. The molecule has 1 saturated heterocycles. The zero-order chi connectivity index (χ0) is 33.1. The summed E-state index contributed by atoms with van der Waals surface area (Å²) in [7, 11) is 0. The van der Waals surface area contributed by atoms with Crippen molar-refractivity contribution in [2.45, 2.75) is 95.9 Å². The van der Waals surface area contributed by atoms with Gasteiger partial charge in [0.2, 0.25) is 11.8 Å². The number of ether oxygens (including phenoxy) is 2.